The molecule has 8 nitrogen and oxygen atoms in total. The Morgan fingerprint density at radius 1 is 1.53 bits per heavy atom. The van der Waals surface area contributed by atoms with Crippen molar-refractivity contribution in [3.63, 3.8) is 0 Å². The highest BCUT2D eigenvalue weighted by molar-refractivity contribution is 5.81. The molecule has 0 saturated heterocycles. The first-order chi connectivity index (χ1) is 7.93. The van der Waals surface area contributed by atoms with Gasteiger partial charge in [-0.2, -0.15) is 5.10 Å². The Morgan fingerprint density at radius 2 is 2.18 bits per heavy atom. The quantitative estimate of drug-likeness (QED) is 0.757. The molecular formula is C9H15N5O3. The maximum Gasteiger partial charge on any atom is 0.326 e. The number of carboxylic acid groups (broad SMARTS) is 1. The number of carboxylic acids is 1. The molecule has 1 aromatic heterocycles. The summed E-state index contributed by atoms with van der Waals surface area (Å²) in [6, 6.07) is -1.27. The summed E-state index contributed by atoms with van der Waals surface area (Å²) in [5, 5.41) is 15.1. The van der Waals surface area contributed by atoms with Crippen LogP contribution in [0.3, 0.4) is 0 Å². The Balaban J connectivity index is 2.60. The van der Waals surface area contributed by atoms with E-state index in [-0.39, 0.29) is 6.54 Å². The number of likely N-dealkylation sites (N-methyl/N-ethyl adjacent to an activating group) is 1. The summed E-state index contributed by atoms with van der Waals surface area (Å²) >= 11 is 0. The SMILES string of the molecule is CC(C(=O)O)N(C)C(=O)N(C)Cc1ncn[nH]1. The molecule has 0 bridgehead atoms. The van der Waals surface area contributed by atoms with Crippen LogP contribution in [0.5, 0.6) is 0 Å². The first kappa shape index (κ1) is 12.9. The third-order valence-corrected chi connectivity index (χ3v) is 2.42. The number of nitrogens with one attached hydrogen (secondary N) is 1. The monoisotopic (exact) mass is 241 g/mol. The van der Waals surface area contributed by atoms with Crippen LogP contribution in [-0.2, 0) is 11.3 Å². The second kappa shape index (κ2) is 5.28. The zero-order chi connectivity index (χ0) is 13.0. The molecule has 2 N–H and O–H groups in total. The lowest BCUT2D eigenvalue weighted by atomic mass is 10.3. The first-order valence-electron chi connectivity index (χ1n) is 4.98. The molecule has 0 fully saturated rings. The molecule has 8 heteroatoms. The molecule has 2 amide bonds. The second-order valence-corrected chi connectivity index (χ2v) is 3.70. The average molecular weight is 241 g/mol. The maximum atomic E-state index is 11.8. The average Bonchev–Trinajstić information content (AvgIpc) is 2.78. The van der Waals surface area contributed by atoms with Crippen molar-refractivity contribution in [3.8, 4) is 0 Å². The van der Waals surface area contributed by atoms with E-state index in [0.717, 1.165) is 4.90 Å². The van der Waals surface area contributed by atoms with Crippen molar-refractivity contribution in [2.24, 2.45) is 0 Å². The normalized spacial score (nSPS) is 11.9. The van der Waals surface area contributed by atoms with E-state index in [1.54, 1.807) is 7.05 Å². The number of nitrogens with zero attached hydrogens (tertiary/aromatic N) is 4. The van der Waals surface area contributed by atoms with Gasteiger partial charge in [0.2, 0.25) is 0 Å². The van der Waals surface area contributed by atoms with Gasteiger partial charge in [0.15, 0.2) is 0 Å². The highest BCUT2D eigenvalue weighted by Crippen LogP contribution is 2.03. The van der Waals surface area contributed by atoms with Gasteiger partial charge in [0.05, 0.1) is 6.54 Å². The highest BCUT2D eigenvalue weighted by Gasteiger charge is 2.24. The van der Waals surface area contributed by atoms with Gasteiger partial charge in [0.25, 0.3) is 0 Å². The van der Waals surface area contributed by atoms with Gasteiger partial charge in [0.1, 0.15) is 18.2 Å². The number of hydrogen-bond acceptors (Lipinski definition) is 4. The lowest BCUT2D eigenvalue weighted by molar-refractivity contribution is -0.141. The molecule has 1 unspecified atom stereocenters. The largest absolute Gasteiger partial charge is 0.480 e. The van der Waals surface area contributed by atoms with Gasteiger partial charge >= 0.3 is 12.0 Å². The Bertz CT molecular complexity index is 391. The van der Waals surface area contributed by atoms with Crippen LogP contribution < -0.4 is 0 Å². The molecule has 1 aromatic rings. The van der Waals surface area contributed by atoms with Gasteiger partial charge in [-0.15, -0.1) is 0 Å². The number of carbonyl (C=O) groups excluding carboxylic acids is 1. The minimum Gasteiger partial charge on any atom is -0.480 e. The topological polar surface area (TPSA) is 102 Å². The number of rotatable bonds is 4. The molecule has 0 radical (unpaired) electrons. The summed E-state index contributed by atoms with van der Waals surface area (Å²) in [7, 11) is 3.01. The van der Waals surface area contributed by atoms with Crippen LogP contribution >= 0.6 is 0 Å². The fraction of sp³-hybridized carbons (Fsp3) is 0.556. The molecule has 0 saturated carbocycles. The Kier molecular flexibility index (Phi) is 4.02. The summed E-state index contributed by atoms with van der Waals surface area (Å²) in [6.07, 6.45) is 1.34. The summed E-state index contributed by atoms with van der Waals surface area (Å²) in [5.41, 5.74) is 0. The molecule has 0 aliphatic rings. The molecule has 0 aliphatic heterocycles. The van der Waals surface area contributed by atoms with Crippen LogP contribution in [0, 0.1) is 0 Å². The summed E-state index contributed by atoms with van der Waals surface area (Å²) < 4.78 is 0. The molecule has 1 heterocycles. The van der Waals surface area contributed by atoms with Crippen molar-refractivity contribution in [1.29, 1.82) is 0 Å². The van der Waals surface area contributed by atoms with E-state index in [1.165, 1.54) is 25.2 Å². The molecular weight excluding hydrogens is 226 g/mol. The molecule has 17 heavy (non-hydrogen) atoms. The van der Waals surface area contributed by atoms with Crippen molar-refractivity contribution < 1.29 is 14.7 Å². The standard InChI is InChI=1S/C9H15N5O3/c1-6(8(15)16)14(3)9(17)13(2)4-7-10-5-11-12-7/h5-6H,4H2,1-3H3,(H,15,16)(H,10,11,12). The van der Waals surface area contributed by atoms with Crippen LogP contribution in [0.4, 0.5) is 4.79 Å². The third kappa shape index (κ3) is 3.16. The van der Waals surface area contributed by atoms with Crippen molar-refractivity contribution in [3.05, 3.63) is 12.2 Å². The zero-order valence-corrected chi connectivity index (χ0v) is 9.91. The summed E-state index contributed by atoms with van der Waals surface area (Å²) in [6.45, 7) is 1.69. The van der Waals surface area contributed by atoms with Crippen molar-refractivity contribution >= 4 is 12.0 Å². The molecule has 1 atom stereocenters. The predicted octanol–water partition coefficient (Wildman–Crippen LogP) is -0.239. The fourth-order valence-corrected chi connectivity index (χ4v) is 1.20. The van der Waals surface area contributed by atoms with E-state index < -0.39 is 18.0 Å². The Morgan fingerprint density at radius 3 is 2.65 bits per heavy atom. The van der Waals surface area contributed by atoms with Crippen LogP contribution in [0.25, 0.3) is 0 Å². The van der Waals surface area contributed by atoms with Crippen molar-refractivity contribution in [2.75, 3.05) is 14.1 Å². The Hall–Kier alpha value is -2.12. The van der Waals surface area contributed by atoms with E-state index in [2.05, 4.69) is 15.2 Å². The van der Waals surface area contributed by atoms with Crippen LogP contribution in [-0.4, -0.2) is 62.2 Å². The number of urea groups is 1. The smallest absolute Gasteiger partial charge is 0.326 e. The minimum absolute atomic E-state index is 0.246. The molecule has 0 spiro atoms. The summed E-state index contributed by atoms with van der Waals surface area (Å²) in [4.78, 5) is 29.0. The number of aromatic amines is 1. The van der Waals surface area contributed by atoms with Gasteiger partial charge < -0.3 is 14.9 Å². The fourth-order valence-electron chi connectivity index (χ4n) is 1.20. The predicted molar refractivity (Wildman–Crippen MR) is 58.1 cm³/mol. The van der Waals surface area contributed by atoms with Crippen molar-refractivity contribution in [1.82, 2.24) is 25.0 Å². The highest BCUT2D eigenvalue weighted by atomic mass is 16.4. The van der Waals surface area contributed by atoms with Gasteiger partial charge in [-0.25, -0.2) is 14.6 Å². The van der Waals surface area contributed by atoms with E-state index in [4.69, 9.17) is 5.11 Å². The minimum atomic E-state index is -1.05. The van der Waals surface area contributed by atoms with Gasteiger partial charge in [-0.1, -0.05) is 0 Å². The molecule has 94 valence electrons. The zero-order valence-electron chi connectivity index (χ0n) is 9.91. The van der Waals surface area contributed by atoms with E-state index in [0.29, 0.717) is 5.82 Å². The molecule has 0 aliphatic carbocycles. The number of aliphatic carboxylic acids is 1. The number of H-pyrrole nitrogens is 1. The maximum absolute atomic E-state index is 11.8. The number of aromatic nitrogens is 3. The van der Waals surface area contributed by atoms with E-state index in [1.807, 2.05) is 0 Å². The van der Waals surface area contributed by atoms with Gasteiger partial charge in [-0.3, -0.25) is 5.10 Å². The third-order valence-electron chi connectivity index (χ3n) is 2.42. The lowest BCUT2D eigenvalue weighted by Gasteiger charge is -2.26. The number of hydrogen-bond donors (Lipinski definition) is 2. The van der Waals surface area contributed by atoms with Crippen LogP contribution in [0.15, 0.2) is 6.33 Å². The Labute approximate surface area is 98.2 Å². The van der Waals surface area contributed by atoms with E-state index in [9.17, 15) is 9.59 Å². The van der Waals surface area contributed by atoms with Crippen LogP contribution in [0.1, 0.15) is 12.7 Å². The van der Waals surface area contributed by atoms with Gasteiger partial charge in [-0.05, 0) is 6.92 Å². The van der Waals surface area contributed by atoms with Crippen molar-refractivity contribution in [2.45, 2.75) is 19.5 Å². The number of amides is 2. The van der Waals surface area contributed by atoms with Gasteiger partial charge in [0, 0.05) is 14.1 Å². The van der Waals surface area contributed by atoms with Crippen LogP contribution in [0.2, 0.25) is 0 Å². The molecule has 0 aromatic carbocycles. The number of carbonyl (C=O) groups is 2. The summed E-state index contributed by atoms with van der Waals surface area (Å²) in [5.74, 6) is -0.508. The first-order valence-corrected chi connectivity index (χ1v) is 4.98. The van der Waals surface area contributed by atoms with E-state index >= 15 is 0 Å². The molecule has 1 rings (SSSR count). The lowest BCUT2D eigenvalue weighted by Crippen LogP contribution is -2.46. The second-order valence-electron chi connectivity index (χ2n) is 3.70.